The fraction of sp³-hybridized carbons (Fsp3) is 0.391. The molecule has 154 valence electrons. The smallest absolute Gasteiger partial charge is 0.123 e. The standard InChI is InChI=1S/C23H28ClFN4/c24-18-1-6-21-22(17-7-12-28(13-8-17)14-11-27-10-9-26)16-29(23(21)15-18)20-4-2-19(25)3-5-20/h1-6,15-17,27H,7-14,26H2. The second kappa shape index (κ2) is 9.26. The second-order valence-electron chi connectivity index (χ2n) is 7.75. The molecule has 0 unspecified atom stereocenters. The lowest BCUT2D eigenvalue weighted by molar-refractivity contribution is 0.213. The van der Waals surface area contributed by atoms with Gasteiger partial charge in [0.05, 0.1) is 5.52 Å². The SMILES string of the molecule is NCCNCCN1CCC(c2cn(-c3ccc(F)cc3)c3cc(Cl)ccc23)CC1. The van der Waals surface area contributed by atoms with Crippen LogP contribution in [0.25, 0.3) is 16.6 Å². The number of piperidine rings is 1. The van der Waals surface area contributed by atoms with Crippen molar-refractivity contribution < 1.29 is 4.39 Å². The summed E-state index contributed by atoms with van der Waals surface area (Å²) in [5.74, 6) is 0.297. The van der Waals surface area contributed by atoms with Crippen molar-refractivity contribution in [1.29, 1.82) is 0 Å². The Bertz CT molecular complexity index is 945. The molecule has 3 aromatic rings. The number of aromatic nitrogens is 1. The zero-order chi connectivity index (χ0) is 20.2. The molecule has 4 nitrogen and oxygen atoms in total. The van der Waals surface area contributed by atoms with Crippen LogP contribution in [-0.2, 0) is 0 Å². The molecule has 1 saturated heterocycles. The van der Waals surface area contributed by atoms with E-state index >= 15 is 0 Å². The molecule has 4 rings (SSSR count). The first-order valence-electron chi connectivity index (χ1n) is 10.4. The summed E-state index contributed by atoms with van der Waals surface area (Å²) in [5, 5.41) is 5.32. The quantitative estimate of drug-likeness (QED) is 0.571. The Morgan fingerprint density at radius 3 is 2.55 bits per heavy atom. The summed E-state index contributed by atoms with van der Waals surface area (Å²) in [4.78, 5) is 2.52. The number of hydrogen-bond donors (Lipinski definition) is 2. The third-order valence-corrected chi connectivity index (χ3v) is 6.09. The van der Waals surface area contributed by atoms with Gasteiger partial charge in [0.1, 0.15) is 5.82 Å². The van der Waals surface area contributed by atoms with Crippen LogP contribution in [0.3, 0.4) is 0 Å². The number of fused-ring (bicyclic) bond motifs is 1. The molecular formula is C23H28ClFN4. The average Bonchev–Trinajstić information content (AvgIpc) is 3.11. The summed E-state index contributed by atoms with van der Waals surface area (Å²) in [6.07, 6.45) is 4.50. The summed E-state index contributed by atoms with van der Waals surface area (Å²) in [6.45, 7) is 5.83. The van der Waals surface area contributed by atoms with Crippen LogP contribution in [0, 0.1) is 5.82 Å². The number of nitrogens with two attached hydrogens (primary N) is 1. The van der Waals surface area contributed by atoms with Crippen molar-refractivity contribution in [2.75, 3.05) is 39.3 Å². The molecule has 0 spiro atoms. The van der Waals surface area contributed by atoms with Crippen molar-refractivity contribution in [2.24, 2.45) is 5.73 Å². The van der Waals surface area contributed by atoms with E-state index in [1.807, 2.05) is 24.3 Å². The number of likely N-dealkylation sites (tertiary alicyclic amines) is 1. The molecular weight excluding hydrogens is 387 g/mol. The molecule has 0 radical (unpaired) electrons. The Balaban J connectivity index is 1.55. The highest BCUT2D eigenvalue weighted by Crippen LogP contribution is 2.36. The Hall–Kier alpha value is -1.92. The van der Waals surface area contributed by atoms with Crippen LogP contribution in [0.4, 0.5) is 4.39 Å². The highest BCUT2D eigenvalue weighted by Gasteiger charge is 2.24. The molecule has 0 atom stereocenters. The molecule has 0 amide bonds. The zero-order valence-electron chi connectivity index (χ0n) is 16.6. The number of hydrogen-bond acceptors (Lipinski definition) is 3. The molecule has 2 heterocycles. The Morgan fingerprint density at radius 2 is 1.83 bits per heavy atom. The van der Waals surface area contributed by atoms with Gasteiger partial charge in [0, 0.05) is 48.5 Å². The average molecular weight is 415 g/mol. The van der Waals surface area contributed by atoms with Crippen molar-refractivity contribution in [3.63, 3.8) is 0 Å². The Kier molecular flexibility index (Phi) is 6.50. The van der Waals surface area contributed by atoms with E-state index in [4.69, 9.17) is 17.3 Å². The summed E-state index contributed by atoms with van der Waals surface area (Å²) < 4.78 is 15.5. The maximum Gasteiger partial charge on any atom is 0.123 e. The summed E-state index contributed by atoms with van der Waals surface area (Å²) >= 11 is 6.29. The highest BCUT2D eigenvalue weighted by molar-refractivity contribution is 6.31. The van der Waals surface area contributed by atoms with E-state index in [0.29, 0.717) is 17.5 Å². The van der Waals surface area contributed by atoms with Crippen LogP contribution in [0.1, 0.15) is 24.3 Å². The lowest BCUT2D eigenvalue weighted by atomic mass is 9.89. The van der Waals surface area contributed by atoms with E-state index in [0.717, 1.165) is 56.8 Å². The number of nitrogens with one attached hydrogen (secondary N) is 1. The van der Waals surface area contributed by atoms with E-state index in [2.05, 4.69) is 27.0 Å². The largest absolute Gasteiger partial charge is 0.329 e. The minimum atomic E-state index is -0.225. The lowest BCUT2D eigenvalue weighted by Crippen LogP contribution is -2.38. The number of rotatable bonds is 7. The molecule has 29 heavy (non-hydrogen) atoms. The van der Waals surface area contributed by atoms with E-state index in [9.17, 15) is 4.39 Å². The van der Waals surface area contributed by atoms with E-state index in [1.54, 1.807) is 0 Å². The van der Waals surface area contributed by atoms with Crippen LogP contribution < -0.4 is 11.1 Å². The molecule has 3 N–H and O–H groups in total. The van der Waals surface area contributed by atoms with Gasteiger partial charge in [-0.25, -0.2) is 4.39 Å². The fourth-order valence-electron chi connectivity index (χ4n) is 4.30. The normalized spacial score (nSPS) is 16.0. The first-order valence-corrected chi connectivity index (χ1v) is 10.7. The van der Waals surface area contributed by atoms with Gasteiger partial charge in [0.15, 0.2) is 0 Å². The maximum absolute atomic E-state index is 13.4. The van der Waals surface area contributed by atoms with Crippen LogP contribution >= 0.6 is 11.6 Å². The second-order valence-corrected chi connectivity index (χ2v) is 8.18. The van der Waals surface area contributed by atoms with Crippen LogP contribution in [0.15, 0.2) is 48.7 Å². The predicted molar refractivity (Wildman–Crippen MR) is 119 cm³/mol. The molecule has 1 fully saturated rings. The summed E-state index contributed by atoms with van der Waals surface area (Å²) in [6, 6.07) is 12.7. The predicted octanol–water partition coefficient (Wildman–Crippen LogP) is 4.15. The van der Waals surface area contributed by atoms with Gasteiger partial charge in [-0.1, -0.05) is 17.7 Å². The number of halogens is 2. The van der Waals surface area contributed by atoms with Crippen LogP contribution in [0.5, 0.6) is 0 Å². The molecule has 2 aromatic carbocycles. The van der Waals surface area contributed by atoms with Crippen LogP contribution in [0.2, 0.25) is 5.02 Å². The molecule has 0 saturated carbocycles. The van der Waals surface area contributed by atoms with Gasteiger partial charge in [0.25, 0.3) is 0 Å². The Morgan fingerprint density at radius 1 is 1.07 bits per heavy atom. The minimum absolute atomic E-state index is 0.225. The van der Waals surface area contributed by atoms with Crippen molar-refractivity contribution in [1.82, 2.24) is 14.8 Å². The van der Waals surface area contributed by atoms with Crippen LogP contribution in [-0.4, -0.2) is 48.7 Å². The van der Waals surface area contributed by atoms with Gasteiger partial charge in [-0.3, -0.25) is 0 Å². The zero-order valence-corrected chi connectivity index (χ0v) is 17.3. The molecule has 1 aromatic heterocycles. The minimum Gasteiger partial charge on any atom is -0.329 e. The van der Waals surface area contributed by atoms with Gasteiger partial charge in [-0.15, -0.1) is 0 Å². The van der Waals surface area contributed by atoms with E-state index in [1.165, 1.54) is 23.1 Å². The third-order valence-electron chi connectivity index (χ3n) is 5.86. The van der Waals surface area contributed by atoms with Gasteiger partial charge < -0.3 is 20.5 Å². The van der Waals surface area contributed by atoms with Crippen molar-refractivity contribution >= 4 is 22.5 Å². The first kappa shape index (κ1) is 20.4. The molecule has 1 aliphatic heterocycles. The Labute approximate surface area is 176 Å². The van der Waals surface area contributed by atoms with Gasteiger partial charge in [-0.2, -0.15) is 0 Å². The first-order chi connectivity index (χ1) is 14.2. The molecule has 6 heteroatoms. The monoisotopic (exact) mass is 414 g/mol. The van der Waals surface area contributed by atoms with Crippen molar-refractivity contribution in [3.8, 4) is 5.69 Å². The molecule has 0 bridgehead atoms. The van der Waals surface area contributed by atoms with Crippen molar-refractivity contribution in [3.05, 3.63) is 65.1 Å². The summed E-state index contributed by atoms with van der Waals surface area (Å²) in [7, 11) is 0. The third kappa shape index (κ3) is 4.64. The number of benzene rings is 2. The van der Waals surface area contributed by atoms with Crippen molar-refractivity contribution in [2.45, 2.75) is 18.8 Å². The topological polar surface area (TPSA) is 46.2 Å². The molecule has 0 aliphatic carbocycles. The van der Waals surface area contributed by atoms with E-state index in [-0.39, 0.29) is 5.82 Å². The molecule has 1 aliphatic rings. The number of nitrogens with zero attached hydrogens (tertiary/aromatic N) is 2. The van der Waals surface area contributed by atoms with Gasteiger partial charge >= 0.3 is 0 Å². The van der Waals surface area contributed by atoms with E-state index < -0.39 is 0 Å². The van der Waals surface area contributed by atoms with Gasteiger partial charge in [0.2, 0.25) is 0 Å². The summed E-state index contributed by atoms with van der Waals surface area (Å²) in [5.41, 5.74) is 8.92. The maximum atomic E-state index is 13.4. The fourth-order valence-corrected chi connectivity index (χ4v) is 4.47. The van der Waals surface area contributed by atoms with Gasteiger partial charge in [-0.05, 0) is 73.8 Å². The lowest BCUT2D eigenvalue weighted by Gasteiger charge is -2.32. The highest BCUT2D eigenvalue weighted by atomic mass is 35.5.